The number of rotatable bonds is 7. The van der Waals surface area contributed by atoms with Crippen LogP contribution < -0.4 is 16.0 Å². The minimum atomic E-state index is -0.637. The zero-order valence-corrected chi connectivity index (χ0v) is 22.4. The summed E-state index contributed by atoms with van der Waals surface area (Å²) in [6.45, 7) is 1.41. The molecule has 204 valence electrons. The molecule has 1 fully saturated rings. The molecular formula is C27H26FN9O2S. The number of primary amides is 1. The van der Waals surface area contributed by atoms with E-state index in [-0.39, 0.29) is 18.2 Å². The summed E-state index contributed by atoms with van der Waals surface area (Å²) in [5.74, 6) is -1.11. The fourth-order valence-electron chi connectivity index (χ4n) is 4.97. The number of aryl methyl sites for hydroxylation is 1. The second kappa shape index (κ2) is 10.6. The number of nitrogens with zero attached hydrogens (tertiary/aromatic N) is 7. The normalized spacial score (nSPS) is 15.4. The van der Waals surface area contributed by atoms with Gasteiger partial charge >= 0.3 is 0 Å². The van der Waals surface area contributed by atoms with Gasteiger partial charge in [-0.2, -0.15) is 5.10 Å². The number of piperidine rings is 1. The molecule has 4 aromatic heterocycles. The SMILES string of the molecule is Cn1cc(-c2ccc(C(=O)N(c3nccc4sc(-c5cnn(CC(N)=O)c5)cc34)[C@@H]3CCCNC3)c(F)c2)nn1. The van der Waals surface area contributed by atoms with Crippen LogP contribution in [0.2, 0.25) is 0 Å². The Morgan fingerprint density at radius 2 is 2.10 bits per heavy atom. The average molecular weight is 560 g/mol. The summed E-state index contributed by atoms with van der Waals surface area (Å²) in [5, 5.41) is 16.3. The molecule has 3 N–H and O–H groups in total. The molecule has 40 heavy (non-hydrogen) atoms. The highest BCUT2D eigenvalue weighted by molar-refractivity contribution is 7.22. The second-order valence-corrected chi connectivity index (χ2v) is 10.8. The van der Waals surface area contributed by atoms with Gasteiger partial charge in [-0.1, -0.05) is 11.3 Å². The van der Waals surface area contributed by atoms with Crippen LogP contribution in [0.1, 0.15) is 23.2 Å². The Balaban J connectivity index is 1.40. The number of hydrogen-bond acceptors (Lipinski definition) is 8. The van der Waals surface area contributed by atoms with E-state index in [1.54, 1.807) is 42.8 Å². The van der Waals surface area contributed by atoms with E-state index in [9.17, 15) is 9.59 Å². The van der Waals surface area contributed by atoms with E-state index in [0.717, 1.165) is 39.9 Å². The molecule has 1 atom stereocenters. The summed E-state index contributed by atoms with van der Waals surface area (Å²) in [7, 11) is 1.73. The van der Waals surface area contributed by atoms with Crippen molar-refractivity contribution in [2.24, 2.45) is 12.8 Å². The molecule has 0 radical (unpaired) electrons. The monoisotopic (exact) mass is 559 g/mol. The van der Waals surface area contributed by atoms with Gasteiger partial charge in [0, 0.05) is 52.1 Å². The van der Waals surface area contributed by atoms with Gasteiger partial charge in [0.15, 0.2) is 0 Å². The van der Waals surface area contributed by atoms with Crippen LogP contribution in [-0.2, 0) is 18.4 Å². The Hall–Kier alpha value is -4.49. The summed E-state index contributed by atoms with van der Waals surface area (Å²) in [6, 6.07) is 8.13. The van der Waals surface area contributed by atoms with Crippen molar-refractivity contribution in [1.82, 2.24) is 35.1 Å². The molecule has 1 aliphatic rings. The van der Waals surface area contributed by atoms with Crippen LogP contribution in [0.25, 0.3) is 31.8 Å². The third kappa shape index (κ3) is 4.96. The summed E-state index contributed by atoms with van der Waals surface area (Å²) < 4.78 is 19.4. The maximum atomic E-state index is 15.5. The first-order chi connectivity index (χ1) is 19.4. The quantitative estimate of drug-likeness (QED) is 0.313. The van der Waals surface area contributed by atoms with E-state index < -0.39 is 17.6 Å². The lowest BCUT2D eigenvalue weighted by Gasteiger charge is -2.34. The van der Waals surface area contributed by atoms with Crippen LogP contribution >= 0.6 is 11.3 Å². The lowest BCUT2D eigenvalue weighted by molar-refractivity contribution is -0.118. The molecule has 5 aromatic rings. The van der Waals surface area contributed by atoms with Crippen molar-refractivity contribution in [3.05, 3.63) is 66.5 Å². The summed E-state index contributed by atoms with van der Waals surface area (Å²) in [6.07, 6.45) is 8.41. The number of fused-ring (bicyclic) bond motifs is 1. The molecule has 1 aliphatic heterocycles. The third-order valence-corrected chi connectivity index (χ3v) is 7.99. The van der Waals surface area contributed by atoms with Crippen molar-refractivity contribution in [1.29, 1.82) is 0 Å². The van der Waals surface area contributed by atoms with Gasteiger partial charge in [-0.15, -0.1) is 16.4 Å². The average Bonchev–Trinajstić information content (AvgIpc) is 3.69. The highest BCUT2D eigenvalue weighted by Gasteiger charge is 2.32. The maximum Gasteiger partial charge on any atom is 0.262 e. The lowest BCUT2D eigenvalue weighted by Crippen LogP contribution is -2.49. The zero-order valence-electron chi connectivity index (χ0n) is 21.6. The molecule has 0 spiro atoms. The molecule has 1 aromatic carbocycles. The van der Waals surface area contributed by atoms with Gasteiger partial charge in [-0.25, -0.2) is 9.37 Å². The predicted molar refractivity (Wildman–Crippen MR) is 149 cm³/mol. The number of carbonyl (C=O) groups excluding carboxylic acids is 2. The molecule has 0 aliphatic carbocycles. The fourth-order valence-corrected chi connectivity index (χ4v) is 5.99. The van der Waals surface area contributed by atoms with E-state index >= 15 is 4.39 Å². The second-order valence-electron chi connectivity index (χ2n) is 9.70. The van der Waals surface area contributed by atoms with E-state index in [2.05, 4.69) is 25.7 Å². The van der Waals surface area contributed by atoms with E-state index in [4.69, 9.17) is 5.73 Å². The first-order valence-electron chi connectivity index (χ1n) is 12.8. The Morgan fingerprint density at radius 1 is 1.23 bits per heavy atom. The summed E-state index contributed by atoms with van der Waals surface area (Å²) in [4.78, 5) is 32.5. The number of carbonyl (C=O) groups is 2. The Kier molecular flexibility index (Phi) is 6.82. The summed E-state index contributed by atoms with van der Waals surface area (Å²) >= 11 is 1.52. The van der Waals surface area contributed by atoms with Crippen molar-refractivity contribution in [3.8, 4) is 21.7 Å². The molecule has 11 nitrogen and oxygen atoms in total. The van der Waals surface area contributed by atoms with Crippen molar-refractivity contribution < 1.29 is 14.0 Å². The largest absolute Gasteiger partial charge is 0.368 e. The van der Waals surface area contributed by atoms with Gasteiger partial charge in [0.2, 0.25) is 5.91 Å². The topological polar surface area (TPSA) is 137 Å². The van der Waals surface area contributed by atoms with Crippen molar-refractivity contribution >= 4 is 39.1 Å². The van der Waals surface area contributed by atoms with E-state index in [1.165, 1.54) is 32.8 Å². The van der Waals surface area contributed by atoms with Gasteiger partial charge in [0.25, 0.3) is 5.91 Å². The molecular weight excluding hydrogens is 533 g/mol. The van der Waals surface area contributed by atoms with Crippen LogP contribution in [0.3, 0.4) is 0 Å². The number of amides is 2. The predicted octanol–water partition coefficient (Wildman–Crippen LogP) is 2.98. The lowest BCUT2D eigenvalue weighted by atomic mass is 10.0. The van der Waals surface area contributed by atoms with Gasteiger partial charge in [-0.05, 0) is 43.7 Å². The molecule has 1 saturated heterocycles. The number of nitrogens with one attached hydrogen (secondary N) is 1. The molecule has 2 amide bonds. The molecule has 6 rings (SSSR count). The number of halogens is 1. The molecule has 0 bridgehead atoms. The van der Waals surface area contributed by atoms with Crippen molar-refractivity contribution in [2.45, 2.75) is 25.4 Å². The number of pyridine rings is 1. The molecule has 5 heterocycles. The number of benzene rings is 1. The number of nitrogens with two attached hydrogens (primary N) is 1. The van der Waals surface area contributed by atoms with Crippen LogP contribution in [0.5, 0.6) is 0 Å². The van der Waals surface area contributed by atoms with Crippen LogP contribution in [0.15, 0.2) is 55.1 Å². The minimum absolute atomic E-state index is 0.0180. The molecule has 0 saturated carbocycles. The van der Waals surface area contributed by atoms with Gasteiger partial charge in [-0.3, -0.25) is 23.9 Å². The van der Waals surface area contributed by atoms with Gasteiger partial charge < -0.3 is 11.1 Å². The smallest absolute Gasteiger partial charge is 0.262 e. The maximum absolute atomic E-state index is 15.5. The van der Waals surface area contributed by atoms with E-state index in [0.29, 0.717) is 23.6 Å². The van der Waals surface area contributed by atoms with Gasteiger partial charge in [0.05, 0.1) is 24.0 Å². The van der Waals surface area contributed by atoms with Gasteiger partial charge in [0.1, 0.15) is 23.9 Å². The third-order valence-electron chi connectivity index (χ3n) is 6.84. The Labute approximate surface area is 232 Å². The number of anilines is 1. The first-order valence-corrected chi connectivity index (χ1v) is 13.6. The van der Waals surface area contributed by atoms with Crippen LogP contribution in [-0.4, -0.2) is 60.7 Å². The number of thiophene rings is 1. The standard InChI is InChI=1S/C27H26FN9O2S/c1-35-14-22(33-34-35)16-4-5-19(21(28)9-16)27(39)37(18-3-2-7-30-12-18)26-20-10-24(40-23(20)6-8-31-26)17-11-32-36(13-17)15-25(29)38/h4-6,8-11,13-14,18,30H,2-3,7,12,15H2,1H3,(H2,29,38)/t18-/m1/s1. The fraction of sp³-hybridized carbons (Fsp3) is 0.259. The number of hydrogen-bond donors (Lipinski definition) is 2. The highest BCUT2D eigenvalue weighted by Crippen LogP contribution is 2.38. The Bertz CT molecular complexity index is 1720. The summed E-state index contributed by atoms with van der Waals surface area (Å²) in [5.41, 5.74) is 7.13. The molecule has 13 heteroatoms. The van der Waals surface area contributed by atoms with Crippen molar-refractivity contribution in [2.75, 3.05) is 18.0 Å². The highest BCUT2D eigenvalue weighted by atomic mass is 32.1. The minimum Gasteiger partial charge on any atom is -0.368 e. The van der Waals surface area contributed by atoms with Crippen LogP contribution in [0, 0.1) is 5.82 Å². The van der Waals surface area contributed by atoms with Crippen molar-refractivity contribution in [3.63, 3.8) is 0 Å². The zero-order chi connectivity index (χ0) is 27.8. The number of aromatic nitrogens is 6. The van der Waals surface area contributed by atoms with Crippen LogP contribution in [0.4, 0.5) is 10.2 Å². The van der Waals surface area contributed by atoms with E-state index in [1.807, 2.05) is 12.1 Å². The Morgan fingerprint density at radius 3 is 2.83 bits per heavy atom. The molecule has 0 unspecified atom stereocenters. The first kappa shape index (κ1) is 25.8.